The van der Waals surface area contributed by atoms with Crippen molar-refractivity contribution in [1.82, 2.24) is 4.90 Å². The number of methoxy groups -OCH3 is 2. The van der Waals surface area contributed by atoms with E-state index >= 15 is 0 Å². The van der Waals surface area contributed by atoms with Gasteiger partial charge in [-0.2, -0.15) is 0 Å². The first-order valence-electron chi connectivity index (χ1n) is 9.50. The molecule has 1 aromatic carbocycles. The highest BCUT2D eigenvalue weighted by Gasteiger charge is 2.20. The summed E-state index contributed by atoms with van der Waals surface area (Å²) < 4.78 is 21.5. The van der Waals surface area contributed by atoms with Crippen molar-refractivity contribution in [2.75, 3.05) is 27.9 Å². The fourth-order valence-corrected chi connectivity index (χ4v) is 2.78. The first-order chi connectivity index (χ1) is 13.8. The molecule has 0 saturated heterocycles. The predicted molar refractivity (Wildman–Crippen MR) is 109 cm³/mol. The molecule has 29 heavy (non-hydrogen) atoms. The summed E-state index contributed by atoms with van der Waals surface area (Å²) in [5.41, 5.74) is 0.824. The van der Waals surface area contributed by atoms with Crippen molar-refractivity contribution in [2.24, 2.45) is 5.92 Å². The normalized spacial score (nSPS) is 10.7. The van der Waals surface area contributed by atoms with Crippen LogP contribution in [0.2, 0.25) is 0 Å². The number of carbonyl (C=O) groups excluding carboxylic acids is 2. The van der Waals surface area contributed by atoms with Crippen molar-refractivity contribution in [3.8, 4) is 11.5 Å². The molecule has 1 heterocycles. The molecule has 1 amide bonds. The Bertz CT molecular complexity index is 855. The molecule has 0 unspecified atom stereocenters. The lowest BCUT2D eigenvalue weighted by Gasteiger charge is -2.17. The molecule has 0 N–H and O–H groups in total. The van der Waals surface area contributed by atoms with E-state index in [-0.39, 0.29) is 12.5 Å². The van der Waals surface area contributed by atoms with Crippen LogP contribution in [-0.4, -0.2) is 44.7 Å². The average Bonchev–Trinajstić information content (AvgIpc) is 3.06. The maximum atomic E-state index is 12.8. The monoisotopic (exact) mass is 403 g/mol. The fraction of sp³-hybridized carbons (Fsp3) is 0.455. The summed E-state index contributed by atoms with van der Waals surface area (Å²) in [7, 11) is 4.52. The highest BCUT2D eigenvalue weighted by molar-refractivity contribution is 5.95. The van der Waals surface area contributed by atoms with Gasteiger partial charge in [-0.05, 0) is 43.5 Å². The lowest BCUT2D eigenvalue weighted by atomic mass is 10.1. The Kier molecular flexibility index (Phi) is 7.70. The van der Waals surface area contributed by atoms with Crippen LogP contribution >= 0.6 is 0 Å². The Morgan fingerprint density at radius 1 is 1.14 bits per heavy atom. The van der Waals surface area contributed by atoms with Gasteiger partial charge in [0.05, 0.1) is 27.4 Å². The molecule has 7 nitrogen and oxygen atoms in total. The minimum Gasteiger partial charge on any atom is -0.493 e. The third-order valence-corrected chi connectivity index (χ3v) is 4.48. The van der Waals surface area contributed by atoms with E-state index in [1.165, 1.54) is 12.0 Å². The van der Waals surface area contributed by atoms with E-state index in [0.717, 1.165) is 6.42 Å². The Balaban J connectivity index is 2.09. The molecule has 2 aromatic rings. The molecule has 0 aliphatic carbocycles. The van der Waals surface area contributed by atoms with E-state index in [9.17, 15) is 9.59 Å². The van der Waals surface area contributed by atoms with E-state index in [2.05, 4.69) is 13.8 Å². The van der Waals surface area contributed by atoms with Crippen LogP contribution < -0.4 is 9.47 Å². The second kappa shape index (κ2) is 10.0. The number of hydrogen-bond acceptors (Lipinski definition) is 6. The number of hydrogen-bond donors (Lipinski definition) is 0. The van der Waals surface area contributed by atoms with Crippen LogP contribution in [0.25, 0.3) is 0 Å². The fourth-order valence-electron chi connectivity index (χ4n) is 2.78. The standard InChI is InChI=1S/C22H29NO6/c1-14(2)9-10-28-19-8-7-16(11-20(19)26-5)21(24)23(4)13-17-12-18(15(3)29-17)22(25)27-6/h7-8,11-12,14H,9-10,13H2,1-6H3. The van der Waals surface area contributed by atoms with Crippen LogP contribution in [0.4, 0.5) is 0 Å². The van der Waals surface area contributed by atoms with Crippen LogP contribution in [0.5, 0.6) is 11.5 Å². The van der Waals surface area contributed by atoms with Gasteiger partial charge < -0.3 is 23.5 Å². The van der Waals surface area contributed by atoms with E-state index in [0.29, 0.717) is 46.7 Å². The zero-order chi connectivity index (χ0) is 21.6. The molecule has 2 rings (SSSR count). The summed E-state index contributed by atoms with van der Waals surface area (Å²) in [6, 6.07) is 6.71. The highest BCUT2D eigenvalue weighted by atomic mass is 16.5. The average molecular weight is 403 g/mol. The molecule has 0 atom stereocenters. The second-order valence-electron chi connectivity index (χ2n) is 7.23. The topological polar surface area (TPSA) is 78.2 Å². The van der Waals surface area contributed by atoms with Gasteiger partial charge in [0.15, 0.2) is 11.5 Å². The van der Waals surface area contributed by atoms with Crippen LogP contribution in [0.1, 0.15) is 52.5 Å². The van der Waals surface area contributed by atoms with Crippen LogP contribution in [0.3, 0.4) is 0 Å². The summed E-state index contributed by atoms with van der Waals surface area (Å²) in [6.45, 7) is 6.74. The molecule has 7 heteroatoms. The number of benzene rings is 1. The zero-order valence-corrected chi connectivity index (χ0v) is 17.9. The number of rotatable bonds is 9. The highest BCUT2D eigenvalue weighted by Crippen LogP contribution is 2.29. The van der Waals surface area contributed by atoms with Gasteiger partial charge in [-0.25, -0.2) is 4.79 Å². The number of nitrogens with zero attached hydrogens (tertiary/aromatic N) is 1. The first-order valence-corrected chi connectivity index (χ1v) is 9.50. The van der Waals surface area contributed by atoms with Crippen LogP contribution in [0.15, 0.2) is 28.7 Å². The van der Waals surface area contributed by atoms with Gasteiger partial charge in [0.25, 0.3) is 5.91 Å². The SMILES string of the molecule is COC(=O)c1cc(CN(C)C(=O)c2ccc(OCCC(C)C)c(OC)c2)oc1C. The van der Waals surface area contributed by atoms with Crippen molar-refractivity contribution in [3.63, 3.8) is 0 Å². The number of ether oxygens (including phenoxy) is 3. The summed E-state index contributed by atoms with van der Waals surface area (Å²) in [4.78, 5) is 26.0. The molecule has 158 valence electrons. The molecule has 0 saturated carbocycles. The molecule has 0 aliphatic heterocycles. The van der Waals surface area contributed by atoms with Crippen LogP contribution in [0, 0.1) is 12.8 Å². The Labute approximate surface area is 171 Å². The molecule has 1 aromatic heterocycles. The van der Waals surface area contributed by atoms with Crippen molar-refractivity contribution < 1.29 is 28.2 Å². The summed E-state index contributed by atoms with van der Waals surface area (Å²) >= 11 is 0. The minimum absolute atomic E-state index is 0.203. The van der Waals surface area contributed by atoms with E-state index in [1.54, 1.807) is 45.3 Å². The number of furan rings is 1. The largest absolute Gasteiger partial charge is 0.493 e. The van der Waals surface area contributed by atoms with E-state index in [1.807, 2.05) is 0 Å². The van der Waals surface area contributed by atoms with Gasteiger partial charge in [-0.15, -0.1) is 0 Å². The maximum Gasteiger partial charge on any atom is 0.341 e. The molecule has 0 radical (unpaired) electrons. The summed E-state index contributed by atoms with van der Waals surface area (Å²) in [5.74, 6) is 1.94. The quantitative estimate of drug-likeness (QED) is 0.587. The zero-order valence-electron chi connectivity index (χ0n) is 17.9. The van der Waals surface area contributed by atoms with E-state index in [4.69, 9.17) is 18.6 Å². The molecular formula is C22H29NO6. The van der Waals surface area contributed by atoms with Crippen molar-refractivity contribution >= 4 is 11.9 Å². The van der Waals surface area contributed by atoms with Gasteiger partial charge >= 0.3 is 5.97 Å². The Morgan fingerprint density at radius 2 is 1.86 bits per heavy atom. The number of esters is 1. The predicted octanol–water partition coefficient (Wildman–Crippen LogP) is 4.08. The molecule has 0 bridgehead atoms. The summed E-state index contributed by atoms with van der Waals surface area (Å²) in [5, 5.41) is 0. The molecular weight excluding hydrogens is 374 g/mol. The van der Waals surface area contributed by atoms with Gasteiger partial charge in [-0.3, -0.25) is 4.79 Å². The third-order valence-electron chi connectivity index (χ3n) is 4.48. The number of amides is 1. The Hall–Kier alpha value is -2.96. The van der Waals surface area contributed by atoms with Crippen molar-refractivity contribution in [1.29, 1.82) is 0 Å². The number of aryl methyl sites for hydroxylation is 1. The number of carbonyl (C=O) groups is 2. The van der Waals surface area contributed by atoms with Crippen LogP contribution in [-0.2, 0) is 11.3 Å². The minimum atomic E-state index is -0.468. The lowest BCUT2D eigenvalue weighted by Crippen LogP contribution is -2.26. The Morgan fingerprint density at radius 3 is 2.48 bits per heavy atom. The van der Waals surface area contributed by atoms with Gasteiger partial charge in [0.2, 0.25) is 0 Å². The summed E-state index contributed by atoms with van der Waals surface area (Å²) in [6.07, 6.45) is 0.933. The second-order valence-corrected chi connectivity index (χ2v) is 7.23. The van der Waals surface area contributed by atoms with Gasteiger partial charge in [0.1, 0.15) is 17.1 Å². The first kappa shape index (κ1) is 22.3. The molecule has 0 aliphatic rings. The third kappa shape index (κ3) is 5.76. The van der Waals surface area contributed by atoms with Crippen molar-refractivity contribution in [3.05, 3.63) is 46.9 Å². The van der Waals surface area contributed by atoms with E-state index < -0.39 is 5.97 Å². The van der Waals surface area contributed by atoms with Gasteiger partial charge in [0, 0.05) is 12.6 Å². The lowest BCUT2D eigenvalue weighted by molar-refractivity contribution is 0.0598. The smallest absolute Gasteiger partial charge is 0.341 e. The molecule has 0 fully saturated rings. The molecule has 0 spiro atoms. The van der Waals surface area contributed by atoms with Crippen molar-refractivity contribution in [2.45, 2.75) is 33.7 Å². The van der Waals surface area contributed by atoms with Gasteiger partial charge in [-0.1, -0.05) is 13.8 Å². The maximum absolute atomic E-state index is 12.8.